The Hall–Kier alpha value is -3.02. The van der Waals surface area contributed by atoms with E-state index in [-0.39, 0.29) is 11.9 Å². The van der Waals surface area contributed by atoms with E-state index in [2.05, 4.69) is 33.0 Å². The Bertz CT molecular complexity index is 686. The van der Waals surface area contributed by atoms with Crippen molar-refractivity contribution in [1.82, 2.24) is 10.6 Å². The summed E-state index contributed by atoms with van der Waals surface area (Å²) >= 11 is 0. The highest BCUT2D eigenvalue weighted by Gasteiger charge is 2.05. The first-order valence-electron chi connectivity index (χ1n) is 8.23. The highest BCUT2D eigenvalue weighted by atomic mass is 16.2. The van der Waals surface area contributed by atoms with Crippen LogP contribution in [0.3, 0.4) is 0 Å². The standard InChI is InChI=1S/C19H24N4O2/c1-20-18(24)15-9-11-16(12-10-15)22-19(25)21-13-6-14-23(2)17-7-4-3-5-8-17/h3-5,7-12H,6,13-14H2,1-2H3,(H,20,24)(H2,21,22,25). The molecule has 6 heteroatoms. The summed E-state index contributed by atoms with van der Waals surface area (Å²) in [6, 6.07) is 16.6. The third-order valence-electron chi connectivity index (χ3n) is 3.78. The van der Waals surface area contributed by atoms with Crippen molar-refractivity contribution in [2.75, 3.05) is 37.4 Å². The molecular weight excluding hydrogens is 316 g/mol. The number of carbonyl (C=O) groups is 2. The van der Waals surface area contributed by atoms with Crippen LogP contribution >= 0.6 is 0 Å². The summed E-state index contributed by atoms with van der Waals surface area (Å²) in [6.45, 7) is 1.43. The highest BCUT2D eigenvalue weighted by Crippen LogP contribution is 2.11. The number of amides is 3. The topological polar surface area (TPSA) is 73.5 Å². The third kappa shape index (κ3) is 5.84. The molecule has 0 atom stereocenters. The number of nitrogens with one attached hydrogen (secondary N) is 3. The van der Waals surface area contributed by atoms with E-state index in [0.717, 1.165) is 18.7 Å². The number of anilines is 2. The molecule has 0 fully saturated rings. The van der Waals surface area contributed by atoms with Crippen LogP contribution in [0.1, 0.15) is 16.8 Å². The maximum absolute atomic E-state index is 11.9. The largest absolute Gasteiger partial charge is 0.375 e. The van der Waals surface area contributed by atoms with Gasteiger partial charge < -0.3 is 20.9 Å². The van der Waals surface area contributed by atoms with Gasteiger partial charge in [0.2, 0.25) is 0 Å². The normalized spacial score (nSPS) is 10.0. The molecule has 0 aliphatic rings. The zero-order chi connectivity index (χ0) is 18.1. The molecule has 0 saturated heterocycles. The number of carbonyl (C=O) groups excluding carboxylic acids is 2. The first kappa shape index (κ1) is 18.3. The second-order valence-electron chi connectivity index (χ2n) is 5.65. The summed E-state index contributed by atoms with van der Waals surface area (Å²) in [5.41, 5.74) is 2.35. The van der Waals surface area contributed by atoms with Crippen LogP contribution in [0, 0.1) is 0 Å². The van der Waals surface area contributed by atoms with Crippen LogP contribution in [0.4, 0.5) is 16.2 Å². The smallest absolute Gasteiger partial charge is 0.319 e. The van der Waals surface area contributed by atoms with Crippen molar-refractivity contribution in [3.8, 4) is 0 Å². The molecule has 0 spiro atoms. The van der Waals surface area contributed by atoms with Gasteiger partial charge in [-0.2, -0.15) is 0 Å². The summed E-state index contributed by atoms with van der Waals surface area (Å²) < 4.78 is 0. The Labute approximate surface area is 148 Å². The predicted molar refractivity (Wildman–Crippen MR) is 101 cm³/mol. The quantitative estimate of drug-likeness (QED) is 0.679. The second-order valence-corrected chi connectivity index (χ2v) is 5.65. The molecule has 0 saturated carbocycles. The summed E-state index contributed by atoms with van der Waals surface area (Å²) in [4.78, 5) is 25.5. The number of urea groups is 1. The van der Waals surface area contributed by atoms with E-state index in [1.165, 1.54) is 0 Å². The molecule has 2 aromatic carbocycles. The van der Waals surface area contributed by atoms with Crippen molar-refractivity contribution in [2.45, 2.75) is 6.42 Å². The number of benzene rings is 2. The van der Waals surface area contributed by atoms with Gasteiger partial charge in [-0.1, -0.05) is 18.2 Å². The molecule has 0 radical (unpaired) electrons. The van der Waals surface area contributed by atoms with Crippen LogP contribution in [0.25, 0.3) is 0 Å². The Kier molecular flexibility index (Phi) is 6.83. The molecule has 132 valence electrons. The average Bonchev–Trinajstić information content (AvgIpc) is 2.65. The van der Waals surface area contributed by atoms with Crippen LogP contribution in [0.15, 0.2) is 54.6 Å². The molecular formula is C19H24N4O2. The maximum atomic E-state index is 11.9. The second kappa shape index (κ2) is 9.32. The van der Waals surface area contributed by atoms with E-state index in [9.17, 15) is 9.59 Å². The molecule has 0 heterocycles. The minimum Gasteiger partial charge on any atom is -0.375 e. The van der Waals surface area contributed by atoms with Crippen molar-refractivity contribution < 1.29 is 9.59 Å². The van der Waals surface area contributed by atoms with Gasteiger partial charge in [0.1, 0.15) is 0 Å². The number of hydrogen-bond acceptors (Lipinski definition) is 3. The lowest BCUT2D eigenvalue weighted by Gasteiger charge is -2.19. The van der Waals surface area contributed by atoms with Crippen molar-refractivity contribution in [3.05, 3.63) is 60.2 Å². The number of rotatable bonds is 7. The van der Waals surface area contributed by atoms with E-state index in [1.54, 1.807) is 31.3 Å². The van der Waals surface area contributed by atoms with Gasteiger partial charge in [-0.25, -0.2) is 4.79 Å². The lowest BCUT2D eigenvalue weighted by Crippen LogP contribution is -2.31. The fourth-order valence-corrected chi connectivity index (χ4v) is 2.35. The van der Waals surface area contributed by atoms with Crippen LogP contribution in [0.2, 0.25) is 0 Å². The molecule has 0 aromatic heterocycles. The van der Waals surface area contributed by atoms with E-state index in [1.807, 2.05) is 25.2 Å². The molecule has 25 heavy (non-hydrogen) atoms. The van der Waals surface area contributed by atoms with Crippen LogP contribution < -0.4 is 20.9 Å². The lowest BCUT2D eigenvalue weighted by molar-refractivity contribution is 0.0963. The zero-order valence-corrected chi connectivity index (χ0v) is 14.6. The lowest BCUT2D eigenvalue weighted by atomic mass is 10.2. The van der Waals surface area contributed by atoms with Gasteiger partial charge in [0.25, 0.3) is 5.91 Å². The molecule has 0 aliphatic carbocycles. The molecule has 0 unspecified atom stereocenters. The Morgan fingerprint density at radius 2 is 1.68 bits per heavy atom. The van der Waals surface area contributed by atoms with E-state index < -0.39 is 0 Å². The fourth-order valence-electron chi connectivity index (χ4n) is 2.35. The zero-order valence-electron chi connectivity index (χ0n) is 14.6. The SMILES string of the molecule is CNC(=O)c1ccc(NC(=O)NCCCN(C)c2ccccc2)cc1. The molecule has 0 aliphatic heterocycles. The van der Waals surface area contributed by atoms with E-state index in [0.29, 0.717) is 17.8 Å². The minimum atomic E-state index is -0.255. The van der Waals surface area contributed by atoms with Crippen molar-refractivity contribution in [2.24, 2.45) is 0 Å². The van der Waals surface area contributed by atoms with Gasteiger partial charge in [-0.15, -0.1) is 0 Å². The van der Waals surface area contributed by atoms with E-state index >= 15 is 0 Å². The van der Waals surface area contributed by atoms with Gasteiger partial charge in [-0.05, 0) is 42.8 Å². The van der Waals surface area contributed by atoms with Gasteiger partial charge in [0.15, 0.2) is 0 Å². The minimum absolute atomic E-state index is 0.154. The summed E-state index contributed by atoms with van der Waals surface area (Å²) in [7, 11) is 3.61. The fraction of sp³-hybridized carbons (Fsp3) is 0.263. The summed E-state index contributed by atoms with van der Waals surface area (Å²) in [6.07, 6.45) is 0.842. The first-order valence-corrected chi connectivity index (χ1v) is 8.23. The van der Waals surface area contributed by atoms with Crippen LogP contribution in [-0.4, -0.2) is 39.1 Å². The van der Waals surface area contributed by atoms with Crippen LogP contribution in [0.5, 0.6) is 0 Å². The Balaban J connectivity index is 1.69. The van der Waals surface area contributed by atoms with Crippen LogP contribution in [-0.2, 0) is 0 Å². The summed E-state index contributed by atoms with van der Waals surface area (Å²) in [5.74, 6) is -0.154. The molecule has 3 amide bonds. The van der Waals surface area contributed by atoms with E-state index in [4.69, 9.17) is 0 Å². The number of para-hydroxylation sites is 1. The third-order valence-corrected chi connectivity index (χ3v) is 3.78. The average molecular weight is 340 g/mol. The van der Waals surface area contributed by atoms with Crippen molar-refractivity contribution in [3.63, 3.8) is 0 Å². The van der Waals surface area contributed by atoms with Gasteiger partial charge in [0, 0.05) is 44.1 Å². The Morgan fingerprint density at radius 3 is 2.32 bits per heavy atom. The maximum Gasteiger partial charge on any atom is 0.319 e. The van der Waals surface area contributed by atoms with Gasteiger partial charge in [0.05, 0.1) is 0 Å². The molecule has 0 bridgehead atoms. The first-order chi connectivity index (χ1) is 12.1. The molecule has 3 N–H and O–H groups in total. The van der Waals surface area contributed by atoms with Crippen molar-refractivity contribution in [1.29, 1.82) is 0 Å². The molecule has 6 nitrogen and oxygen atoms in total. The Morgan fingerprint density at radius 1 is 1.00 bits per heavy atom. The monoisotopic (exact) mass is 340 g/mol. The predicted octanol–water partition coefficient (Wildman–Crippen LogP) is 2.69. The molecule has 2 aromatic rings. The highest BCUT2D eigenvalue weighted by molar-refractivity contribution is 5.95. The molecule has 2 rings (SSSR count). The van der Waals surface area contributed by atoms with Crippen molar-refractivity contribution >= 4 is 23.3 Å². The summed E-state index contributed by atoms with van der Waals surface area (Å²) in [5, 5.41) is 8.14. The number of nitrogens with zero attached hydrogens (tertiary/aromatic N) is 1. The number of hydrogen-bond donors (Lipinski definition) is 3. The van der Waals surface area contributed by atoms with Gasteiger partial charge >= 0.3 is 6.03 Å². The van der Waals surface area contributed by atoms with Gasteiger partial charge in [-0.3, -0.25) is 4.79 Å².